The summed E-state index contributed by atoms with van der Waals surface area (Å²) < 4.78 is 5.74. The molecule has 7 heteroatoms. The van der Waals surface area contributed by atoms with Gasteiger partial charge in [-0.05, 0) is 43.3 Å². The molecular weight excluding hydrogens is 420 g/mol. The van der Waals surface area contributed by atoms with Gasteiger partial charge in [0.15, 0.2) is 0 Å². The molecule has 4 rings (SSSR count). The van der Waals surface area contributed by atoms with Crippen LogP contribution in [0.2, 0.25) is 4.34 Å². The predicted octanol–water partition coefficient (Wildman–Crippen LogP) is 6.05. The minimum Gasteiger partial charge on any atom is -0.462 e. The van der Waals surface area contributed by atoms with E-state index in [0.717, 1.165) is 10.3 Å². The van der Waals surface area contributed by atoms with E-state index in [2.05, 4.69) is 10.3 Å². The number of fused-ring (bicyclic) bond motifs is 1. The second kappa shape index (κ2) is 8.65. The second-order valence-corrected chi connectivity index (χ2v) is 8.11. The Hall–Kier alpha value is -3.22. The van der Waals surface area contributed by atoms with Gasteiger partial charge in [-0.3, -0.25) is 4.79 Å². The average molecular weight is 437 g/mol. The van der Waals surface area contributed by atoms with Crippen LogP contribution in [0, 0.1) is 0 Å². The SMILES string of the molecule is CCOC(=O)c1ccccc1NC(=O)c1cc(-c2ccc(Cl)s2)nc2ccccc12. The fraction of sp³-hybridized carbons (Fsp3) is 0.0870. The number of anilines is 1. The number of esters is 1. The van der Waals surface area contributed by atoms with E-state index in [1.165, 1.54) is 11.3 Å². The van der Waals surface area contributed by atoms with E-state index >= 15 is 0 Å². The molecule has 2 heterocycles. The number of hydrogen-bond donors (Lipinski definition) is 1. The molecular formula is C23H17ClN2O3S. The first kappa shape index (κ1) is 20.1. The quantitative estimate of drug-likeness (QED) is 0.387. The van der Waals surface area contributed by atoms with E-state index in [9.17, 15) is 9.59 Å². The van der Waals surface area contributed by atoms with Gasteiger partial charge in [0.2, 0.25) is 0 Å². The number of hydrogen-bond acceptors (Lipinski definition) is 5. The number of nitrogens with one attached hydrogen (secondary N) is 1. The Bertz CT molecular complexity index is 1250. The monoisotopic (exact) mass is 436 g/mol. The third-order valence-electron chi connectivity index (χ3n) is 4.46. The van der Waals surface area contributed by atoms with Gasteiger partial charge in [0.1, 0.15) is 0 Å². The Kier molecular flexibility index (Phi) is 5.79. The van der Waals surface area contributed by atoms with Gasteiger partial charge in [0, 0.05) is 5.39 Å². The van der Waals surface area contributed by atoms with Crippen LogP contribution in [0.4, 0.5) is 5.69 Å². The summed E-state index contributed by atoms with van der Waals surface area (Å²) >= 11 is 7.47. The first-order chi connectivity index (χ1) is 14.6. The van der Waals surface area contributed by atoms with Crippen molar-refractivity contribution in [1.82, 2.24) is 4.98 Å². The van der Waals surface area contributed by atoms with E-state index in [4.69, 9.17) is 16.3 Å². The van der Waals surface area contributed by atoms with E-state index in [-0.39, 0.29) is 12.5 Å². The zero-order valence-corrected chi connectivity index (χ0v) is 17.6. The largest absolute Gasteiger partial charge is 0.462 e. The topological polar surface area (TPSA) is 68.3 Å². The number of halogens is 1. The highest BCUT2D eigenvalue weighted by atomic mass is 35.5. The van der Waals surface area contributed by atoms with Crippen molar-refractivity contribution in [2.45, 2.75) is 6.92 Å². The van der Waals surface area contributed by atoms with Crippen molar-refractivity contribution in [3.8, 4) is 10.6 Å². The molecule has 1 N–H and O–H groups in total. The molecule has 0 saturated carbocycles. The lowest BCUT2D eigenvalue weighted by molar-refractivity contribution is 0.0527. The number of rotatable bonds is 5. The highest BCUT2D eigenvalue weighted by Gasteiger charge is 2.18. The van der Waals surface area contributed by atoms with E-state index < -0.39 is 5.97 Å². The number of ether oxygens (including phenoxy) is 1. The smallest absolute Gasteiger partial charge is 0.340 e. The van der Waals surface area contributed by atoms with Gasteiger partial charge < -0.3 is 10.1 Å². The first-order valence-corrected chi connectivity index (χ1v) is 10.5. The molecule has 0 radical (unpaired) electrons. The molecule has 2 aromatic carbocycles. The van der Waals surface area contributed by atoms with Crippen LogP contribution in [0.1, 0.15) is 27.6 Å². The summed E-state index contributed by atoms with van der Waals surface area (Å²) in [4.78, 5) is 31.0. The van der Waals surface area contributed by atoms with Gasteiger partial charge in [-0.2, -0.15) is 0 Å². The molecule has 0 aliphatic carbocycles. The van der Waals surface area contributed by atoms with Gasteiger partial charge in [-0.15, -0.1) is 11.3 Å². The van der Waals surface area contributed by atoms with Crippen LogP contribution in [0.5, 0.6) is 0 Å². The van der Waals surface area contributed by atoms with Crippen molar-refractivity contribution in [3.05, 3.63) is 82.2 Å². The van der Waals surface area contributed by atoms with Gasteiger partial charge in [0.05, 0.1) is 43.8 Å². The van der Waals surface area contributed by atoms with Gasteiger partial charge in [-0.1, -0.05) is 41.9 Å². The van der Waals surface area contributed by atoms with Crippen molar-refractivity contribution < 1.29 is 14.3 Å². The highest BCUT2D eigenvalue weighted by molar-refractivity contribution is 7.19. The van der Waals surface area contributed by atoms with E-state index in [0.29, 0.717) is 32.4 Å². The minimum absolute atomic E-state index is 0.253. The third kappa shape index (κ3) is 4.06. The molecule has 30 heavy (non-hydrogen) atoms. The van der Waals surface area contributed by atoms with Crippen LogP contribution in [0.3, 0.4) is 0 Å². The Labute approximate surface area is 182 Å². The number of thiophene rings is 1. The number of pyridine rings is 1. The Morgan fingerprint density at radius 1 is 1.03 bits per heavy atom. The fourth-order valence-corrected chi connectivity index (χ4v) is 4.11. The number of para-hydroxylation sites is 2. The lowest BCUT2D eigenvalue weighted by Gasteiger charge is -2.12. The maximum atomic E-state index is 13.2. The molecule has 150 valence electrons. The Balaban J connectivity index is 1.76. The zero-order chi connectivity index (χ0) is 21.1. The van der Waals surface area contributed by atoms with Crippen molar-refractivity contribution in [1.29, 1.82) is 0 Å². The molecule has 4 aromatic rings. The molecule has 5 nitrogen and oxygen atoms in total. The molecule has 0 unspecified atom stereocenters. The average Bonchev–Trinajstić information content (AvgIpc) is 3.19. The van der Waals surface area contributed by atoms with Crippen molar-refractivity contribution >= 4 is 51.4 Å². The Morgan fingerprint density at radius 3 is 2.57 bits per heavy atom. The van der Waals surface area contributed by atoms with E-state index in [1.807, 2.05) is 30.3 Å². The van der Waals surface area contributed by atoms with Crippen LogP contribution in [-0.2, 0) is 4.74 Å². The van der Waals surface area contributed by atoms with Gasteiger partial charge in [0.25, 0.3) is 5.91 Å². The van der Waals surface area contributed by atoms with Gasteiger partial charge >= 0.3 is 5.97 Å². The third-order valence-corrected chi connectivity index (χ3v) is 5.71. The second-order valence-electron chi connectivity index (χ2n) is 6.40. The molecule has 1 amide bonds. The summed E-state index contributed by atoms with van der Waals surface area (Å²) in [5, 5.41) is 3.57. The van der Waals surface area contributed by atoms with E-state index in [1.54, 1.807) is 43.3 Å². The molecule has 0 fully saturated rings. The van der Waals surface area contributed by atoms with Gasteiger partial charge in [-0.25, -0.2) is 9.78 Å². The summed E-state index contributed by atoms with van der Waals surface area (Å²) in [6, 6.07) is 19.6. The number of carbonyl (C=O) groups is 2. The summed E-state index contributed by atoms with van der Waals surface area (Å²) in [6.45, 7) is 1.99. The van der Waals surface area contributed by atoms with Crippen LogP contribution < -0.4 is 5.32 Å². The van der Waals surface area contributed by atoms with Crippen LogP contribution >= 0.6 is 22.9 Å². The normalized spacial score (nSPS) is 10.7. The lowest BCUT2D eigenvalue weighted by atomic mass is 10.1. The number of nitrogens with zero attached hydrogens (tertiary/aromatic N) is 1. The maximum absolute atomic E-state index is 13.2. The fourth-order valence-electron chi connectivity index (χ4n) is 3.11. The predicted molar refractivity (Wildman–Crippen MR) is 120 cm³/mol. The lowest BCUT2D eigenvalue weighted by Crippen LogP contribution is -2.16. The van der Waals surface area contributed by atoms with Crippen molar-refractivity contribution in [2.24, 2.45) is 0 Å². The molecule has 0 spiro atoms. The van der Waals surface area contributed by atoms with Crippen LogP contribution in [0.15, 0.2) is 66.7 Å². The maximum Gasteiger partial charge on any atom is 0.340 e. The molecule has 0 aliphatic heterocycles. The molecule has 0 saturated heterocycles. The minimum atomic E-state index is -0.484. The van der Waals surface area contributed by atoms with Crippen molar-refractivity contribution in [2.75, 3.05) is 11.9 Å². The summed E-state index contributed by atoms with van der Waals surface area (Å²) in [5.74, 6) is -0.823. The summed E-state index contributed by atoms with van der Waals surface area (Å²) in [5.41, 5.74) is 2.51. The van der Waals surface area contributed by atoms with Crippen LogP contribution in [0.25, 0.3) is 21.5 Å². The molecule has 0 aliphatic rings. The number of benzene rings is 2. The molecule has 0 atom stereocenters. The van der Waals surface area contributed by atoms with Crippen molar-refractivity contribution in [3.63, 3.8) is 0 Å². The Morgan fingerprint density at radius 2 is 1.80 bits per heavy atom. The first-order valence-electron chi connectivity index (χ1n) is 9.30. The number of amides is 1. The zero-order valence-electron chi connectivity index (χ0n) is 16.0. The number of carbonyl (C=O) groups excluding carboxylic acids is 2. The molecule has 0 bridgehead atoms. The summed E-state index contributed by atoms with van der Waals surface area (Å²) in [6.07, 6.45) is 0. The highest BCUT2D eigenvalue weighted by Crippen LogP contribution is 2.32. The van der Waals surface area contributed by atoms with Crippen LogP contribution in [-0.4, -0.2) is 23.5 Å². The number of aromatic nitrogens is 1. The summed E-state index contributed by atoms with van der Waals surface area (Å²) in [7, 11) is 0. The molecule has 2 aromatic heterocycles. The standard InChI is InChI=1S/C23H17ClN2O3S/c1-2-29-23(28)15-8-4-6-10-18(15)26-22(27)16-13-19(20-11-12-21(24)30-20)25-17-9-5-3-7-14(16)17/h3-13H,2H2,1H3,(H,26,27).